The topological polar surface area (TPSA) is 78.6 Å². The van der Waals surface area contributed by atoms with Crippen molar-refractivity contribution in [3.63, 3.8) is 0 Å². The molecule has 0 unspecified atom stereocenters. The van der Waals surface area contributed by atoms with Crippen LogP contribution in [-0.4, -0.2) is 30.5 Å². The molecule has 2 aromatic carbocycles. The van der Waals surface area contributed by atoms with E-state index < -0.39 is 5.97 Å². The fourth-order valence-corrected chi connectivity index (χ4v) is 2.06. The van der Waals surface area contributed by atoms with E-state index in [1.54, 1.807) is 49.6 Å². The number of Topliss-reactive ketones (excluding diaryl/α,β-unsaturated/α-hetero) is 1. The van der Waals surface area contributed by atoms with Gasteiger partial charge in [-0.1, -0.05) is 0 Å². The summed E-state index contributed by atoms with van der Waals surface area (Å²) in [4.78, 5) is 28.0. The van der Waals surface area contributed by atoms with E-state index in [0.717, 1.165) is 0 Å². The second kappa shape index (κ2) is 6.31. The summed E-state index contributed by atoms with van der Waals surface area (Å²) in [5.74, 6) is -0.222. The SMILES string of the molecule is COc1ccc(C(=O)COC(=O)c2ccc3ocnc3c2)cc1. The monoisotopic (exact) mass is 311 g/mol. The van der Waals surface area contributed by atoms with Gasteiger partial charge in [-0.3, -0.25) is 4.79 Å². The number of ether oxygens (including phenoxy) is 2. The van der Waals surface area contributed by atoms with Crippen molar-refractivity contribution in [3.8, 4) is 5.75 Å². The number of nitrogens with zero attached hydrogens (tertiary/aromatic N) is 1. The predicted molar refractivity (Wildman–Crippen MR) is 81.6 cm³/mol. The summed E-state index contributed by atoms with van der Waals surface area (Å²) in [5.41, 5.74) is 1.90. The maximum atomic E-state index is 12.0. The number of aromatic nitrogens is 1. The van der Waals surface area contributed by atoms with Crippen molar-refractivity contribution in [3.05, 3.63) is 60.0 Å². The van der Waals surface area contributed by atoms with E-state index in [1.807, 2.05) is 0 Å². The molecule has 0 saturated heterocycles. The Morgan fingerprint density at radius 3 is 2.57 bits per heavy atom. The van der Waals surface area contributed by atoms with Crippen LogP contribution in [0.15, 0.2) is 53.3 Å². The van der Waals surface area contributed by atoms with Gasteiger partial charge in [0.1, 0.15) is 11.3 Å². The molecule has 0 aliphatic carbocycles. The zero-order valence-corrected chi connectivity index (χ0v) is 12.3. The Kier molecular flexibility index (Phi) is 4.05. The summed E-state index contributed by atoms with van der Waals surface area (Å²) >= 11 is 0. The van der Waals surface area contributed by atoms with Gasteiger partial charge in [-0.25, -0.2) is 9.78 Å². The van der Waals surface area contributed by atoms with E-state index in [4.69, 9.17) is 13.9 Å². The zero-order chi connectivity index (χ0) is 16.2. The van der Waals surface area contributed by atoms with E-state index >= 15 is 0 Å². The second-order valence-corrected chi connectivity index (χ2v) is 4.76. The number of methoxy groups -OCH3 is 1. The van der Waals surface area contributed by atoms with Gasteiger partial charge >= 0.3 is 5.97 Å². The molecule has 0 aliphatic rings. The zero-order valence-electron chi connectivity index (χ0n) is 12.3. The molecule has 6 heteroatoms. The number of oxazole rings is 1. The number of esters is 1. The number of hydrogen-bond acceptors (Lipinski definition) is 6. The molecule has 0 fully saturated rings. The average Bonchev–Trinajstić information content (AvgIpc) is 3.07. The third-order valence-corrected chi connectivity index (χ3v) is 3.31. The highest BCUT2D eigenvalue weighted by Crippen LogP contribution is 2.15. The van der Waals surface area contributed by atoms with Crippen molar-refractivity contribution < 1.29 is 23.5 Å². The summed E-state index contributed by atoms with van der Waals surface area (Å²) in [6, 6.07) is 11.3. The van der Waals surface area contributed by atoms with Gasteiger partial charge in [0.15, 0.2) is 24.4 Å². The minimum absolute atomic E-state index is 0.288. The fraction of sp³-hybridized carbons (Fsp3) is 0.118. The first-order valence-corrected chi connectivity index (χ1v) is 6.85. The first-order chi connectivity index (χ1) is 11.2. The molecule has 0 N–H and O–H groups in total. The van der Waals surface area contributed by atoms with Gasteiger partial charge in [-0.15, -0.1) is 0 Å². The summed E-state index contributed by atoms with van der Waals surface area (Å²) < 4.78 is 15.2. The Hall–Kier alpha value is -3.15. The second-order valence-electron chi connectivity index (χ2n) is 4.76. The van der Waals surface area contributed by atoms with Gasteiger partial charge < -0.3 is 13.9 Å². The molecule has 3 aromatic rings. The molecular formula is C17H13NO5. The van der Waals surface area contributed by atoms with Gasteiger partial charge in [-0.05, 0) is 42.5 Å². The largest absolute Gasteiger partial charge is 0.497 e. The van der Waals surface area contributed by atoms with Gasteiger partial charge in [0, 0.05) is 5.56 Å². The molecule has 0 spiro atoms. The molecule has 0 atom stereocenters. The fourth-order valence-electron chi connectivity index (χ4n) is 2.06. The highest BCUT2D eigenvalue weighted by atomic mass is 16.5. The molecule has 1 aromatic heterocycles. The molecule has 3 rings (SSSR count). The number of carbonyl (C=O) groups excluding carboxylic acids is 2. The van der Waals surface area contributed by atoms with Crippen LogP contribution in [0.2, 0.25) is 0 Å². The van der Waals surface area contributed by atoms with Crippen molar-refractivity contribution in [2.24, 2.45) is 0 Å². The Balaban J connectivity index is 1.64. The molecule has 23 heavy (non-hydrogen) atoms. The Morgan fingerprint density at radius 1 is 1.09 bits per heavy atom. The average molecular weight is 311 g/mol. The summed E-state index contributed by atoms with van der Waals surface area (Å²) in [7, 11) is 1.55. The number of fused-ring (bicyclic) bond motifs is 1. The molecule has 0 bridgehead atoms. The van der Waals surface area contributed by atoms with Crippen LogP contribution in [0, 0.1) is 0 Å². The highest BCUT2D eigenvalue weighted by Gasteiger charge is 2.13. The number of ketones is 1. The van der Waals surface area contributed by atoms with E-state index in [-0.39, 0.29) is 12.4 Å². The van der Waals surface area contributed by atoms with E-state index in [9.17, 15) is 9.59 Å². The predicted octanol–water partition coefficient (Wildman–Crippen LogP) is 2.88. The highest BCUT2D eigenvalue weighted by molar-refractivity contribution is 6.00. The Bertz CT molecular complexity index is 851. The third-order valence-electron chi connectivity index (χ3n) is 3.31. The molecular weight excluding hydrogens is 298 g/mol. The van der Waals surface area contributed by atoms with Crippen LogP contribution in [-0.2, 0) is 4.74 Å². The first kappa shape index (κ1) is 14.8. The van der Waals surface area contributed by atoms with Gasteiger partial charge in [0.2, 0.25) is 0 Å². The van der Waals surface area contributed by atoms with E-state index in [0.29, 0.717) is 28.0 Å². The number of rotatable bonds is 5. The van der Waals surface area contributed by atoms with Gasteiger partial charge in [0.05, 0.1) is 12.7 Å². The molecule has 0 radical (unpaired) electrons. The maximum Gasteiger partial charge on any atom is 0.338 e. The lowest BCUT2D eigenvalue weighted by molar-refractivity contribution is 0.0475. The van der Waals surface area contributed by atoms with Crippen LogP contribution in [0.4, 0.5) is 0 Å². The maximum absolute atomic E-state index is 12.0. The quantitative estimate of drug-likeness (QED) is 0.532. The van der Waals surface area contributed by atoms with E-state index in [1.165, 1.54) is 6.39 Å². The van der Waals surface area contributed by atoms with Crippen LogP contribution in [0.5, 0.6) is 5.75 Å². The lowest BCUT2D eigenvalue weighted by atomic mass is 10.1. The van der Waals surface area contributed by atoms with E-state index in [2.05, 4.69) is 4.98 Å². The molecule has 1 heterocycles. The summed E-state index contributed by atoms with van der Waals surface area (Å²) in [6.07, 6.45) is 1.30. The molecule has 0 amide bonds. The van der Waals surface area contributed by atoms with Crippen molar-refractivity contribution in [2.45, 2.75) is 0 Å². The number of carbonyl (C=O) groups is 2. The third kappa shape index (κ3) is 3.21. The number of benzene rings is 2. The molecule has 6 nitrogen and oxygen atoms in total. The van der Waals surface area contributed by atoms with Crippen molar-refractivity contribution >= 4 is 22.9 Å². The summed E-state index contributed by atoms with van der Waals surface area (Å²) in [5, 5.41) is 0. The number of hydrogen-bond donors (Lipinski definition) is 0. The van der Waals surface area contributed by atoms with Crippen molar-refractivity contribution in [1.29, 1.82) is 0 Å². The summed E-state index contributed by atoms with van der Waals surface area (Å²) in [6.45, 7) is -0.331. The van der Waals surface area contributed by atoms with Crippen LogP contribution >= 0.6 is 0 Å². The van der Waals surface area contributed by atoms with Crippen LogP contribution in [0.3, 0.4) is 0 Å². The standard InChI is InChI=1S/C17H13NO5/c1-21-13-5-2-11(3-6-13)15(19)9-22-17(20)12-4-7-16-14(8-12)18-10-23-16/h2-8,10H,9H2,1H3. The lowest BCUT2D eigenvalue weighted by Gasteiger charge is -2.05. The molecule has 0 saturated carbocycles. The Morgan fingerprint density at radius 2 is 1.83 bits per heavy atom. The molecule has 116 valence electrons. The normalized spacial score (nSPS) is 10.5. The van der Waals surface area contributed by atoms with Crippen molar-refractivity contribution in [1.82, 2.24) is 4.98 Å². The molecule has 0 aliphatic heterocycles. The smallest absolute Gasteiger partial charge is 0.338 e. The van der Waals surface area contributed by atoms with Crippen LogP contribution in [0.25, 0.3) is 11.1 Å². The van der Waals surface area contributed by atoms with Gasteiger partial charge in [0.25, 0.3) is 0 Å². The Labute approximate surface area is 131 Å². The van der Waals surface area contributed by atoms with Crippen molar-refractivity contribution in [2.75, 3.05) is 13.7 Å². The minimum atomic E-state index is -0.586. The lowest BCUT2D eigenvalue weighted by Crippen LogP contribution is -2.14. The minimum Gasteiger partial charge on any atom is -0.497 e. The van der Waals surface area contributed by atoms with Crippen LogP contribution in [0.1, 0.15) is 20.7 Å². The van der Waals surface area contributed by atoms with Gasteiger partial charge in [-0.2, -0.15) is 0 Å². The van der Waals surface area contributed by atoms with Crippen LogP contribution < -0.4 is 4.74 Å². The first-order valence-electron chi connectivity index (χ1n) is 6.85.